The zero-order chi connectivity index (χ0) is 24.3. The van der Waals surface area contributed by atoms with Crippen molar-refractivity contribution in [2.24, 2.45) is 15.7 Å². The van der Waals surface area contributed by atoms with Crippen molar-refractivity contribution in [3.63, 3.8) is 0 Å². The van der Waals surface area contributed by atoms with Crippen molar-refractivity contribution < 1.29 is 14.3 Å². The van der Waals surface area contributed by atoms with Crippen LogP contribution < -0.4 is 31.6 Å². The van der Waals surface area contributed by atoms with Crippen molar-refractivity contribution in [1.82, 2.24) is 25.5 Å². The lowest BCUT2D eigenvalue weighted by Gasteiger charge is -2.27. The number of nitrogens with one attached hydrogen (secondary N) is 2. The number of hydrogen-bond donors (Lipinski definition) is 4. The van der Waals surface area contributed by atoms with Crippen LogP contribution in [0.15, 0.2) is 34.5 Å². The molecular formula is C22H31N9O3. The summed E-state index contributed by atoms with van der Waals surface area (Å²) in [5.74, 6) is 1.04. The summed E-state index contributed by atoms with van der Waals surface area (Å²) < 4.78 is 11.5. The molecule has 12 nitrogen and oxygen atoms in total. The van der Waals surface area contributed by atoms with E-state index in [1.165, 1.54) is 12.4 Å². The monoisotopic (exact) mass is 469 g/mol. The van der Waals surface area contributed by atoms with Gasteiger partial charge in [0.25, 0.3) is 5.91 Å². The standard InChI is InChI=1S/C22H31N9O3/c1-25-18-16(20(23)27-5-6-28-21(32)15-13-29-22(24)30-14-15)3-4-17(19(18)33-2)34-12-11-31-9-7-26-8-10-31/h3-4,13-14,26H,1,5-12H2,2H3,(H2,23,27)(H,28,32)(H2,24,29,30). The Morgan fingerprint density at radius 2 is 2.03 bits per heavy atom. The van der Waals surface area contributed by atoms with Crippen LogP contribution in [0.2, 0.25) is 0 Å². The number of carbonyl (C=O) groups excluding carboxylic acids is 1. The topological polar surface area (TPSA) is 165 Å². The van der Waals surface area contributed by atoms with E-state index >= 15 is 0 Å². The SMILES string of the molecule is C=Nc1c(C(N)=NCCNC(=O)c2cnc(N)nc2)ccc(OCCN2CCNCC2)c1OC. The number of aromatic nitrogens is 2. The normalized spacial score (nSPS) is 14.4. The van der Waals surface area contributed by atoms with E-state index in [4.69, 9.17) is 20.9 Å². The largest absolute Gasteiger partial charge is 0.491 e. The number of rotatable bonds is 11. The molecule has 1 fully saturated rings. The third-order valence-corrected chi connectivity index (χ3v) is 5.22. The van der Waals surface area contributed by atoms with Gasteiger partial charge in [-0.15, -0.1) is 0 Å². The van der Waals surface area contributed by atoms with Gasteiger partial charge in [0.05, 0.1) is 19.2 Å². The second-order valence-corrected chi connectivity index (χ2v) is 7.44. The molecule has 1 aliphatic heterocycles. The van der Waals surface area contributed by atoms with E-state index in [1.54, 1.807) is 19.2 Å². The van der Waals surface area contributed by atoms with E-state index in [1.807, 2.05) is 0 Å². The molecule has 1 aromatic heterocycles. The van der Waals surface area contributed by atoms with Gasteiger partial charge in [-0.3, -0.25) is 19.7 Å². The van der Waals surface area contributed by atoms with Gasteiger partial charge in [0.15, 0.2) is 11.5 Å². The average molecular weight is 470 g/mol. The van der Waals surface area contributed by atoms with Gasteiger partial charge < -0.3 is 31.6 Å². The number of ether oxygens (including phenoxy) is 2. The Labute approximate surface area is 198 Å². The minimum absolute atomic E-state index is 0.104. The second kappa shape index (κ2) is 12.5. The molecule has 0 bridgehead atoms. The Kier molecular flexibility index (Phi) is 9.12. The highest BCUT2D eigenvalue weighted by Crippen LogP contribution is 2.39. The first-order valence-electron chi connectivity index (χ1n) is 10.9. The minimum Gasteiger partial charge on any atom is -0.491 e. The van der Waals surface area contributed by atoms with Crippen LogP contribution in [0, 0.1) is 0 Å². The van der Waals surface area contributed by atoms with Gasteiger partial charge in [-0.05, 0) is 18.9 Å². The first kappa shape index (κ1) is 24.9. The number of carbonyl (C=O) groups is 1. The Morgan fingerprint density at radius 1 is 1.29 bits per heavy atom. The first-order valence-corrected chi connectivity index (χ1v) is 10.9. The van der Waals surface area contributed by atoms with Crippen molar-refractivity contribution in [3.05, 3.63) is 35.7 Å². The summed E-state index contributed by atoms with van der Waals surface area (Å²) >= 11 is 0. The third-order valence-electron chi connectivity index (χ3n) is 5.22. The first-order chi connectivity index (χ1) is 16.5. The highest BCUT2D eigenvalue weighted by Gasteiger charge is 2.17. The summed E-state index contributed by atoms with van der Waals surface area (Å²) in [7, 11) is 1.54. The summed E-state index contributed by atoms with van der Waals surface area (Å²) in [6.07, 6.45) is 2.72. The van der Waals surface area contributed by atoms with Crippen molar-refractivity contribution in [2.75, 3.05) is 65.3 Å². The van der Waals surface area contributed by atoms with E-state index < -0.39 is 0 Å². The lowest BCUT2D eigenvalue weighted by Crippen LogP contribution is -2.44. The number of nitrogens with two attached hydrogens (primary N) is 2. The lowest BCUT2D eigenvalue weighted by atomic mass is 10.1. The smallest absolute Gasteiger partial charge is 0.254 e. The molecule has 0 aliphatic carbocycles. The number of nitrogens with zero attached hydrogens (tertiary/aromatic N) is 5. The Bertz CT molecular complexity index is 1010. The van der Waals surface area contributed by atoms with E-state index in [2.05, 4.69) is 42.2 Å². The minimum atomic E-state index is -0.328. The zero-order valence-corrected chi connectivity index (χ0v) is 19.3. The van der Waals surface area contributed by atoms with E-state index in [-0.39, 0.29) is 30.8 Å². The number of aliphatic imine (C=N–C) groups is 2. The van der Waals surface area contributed by atoms with Crippen LogP contribution >= 0.6 is 0 Å². The maximum absolute atomic E-state index is 12.1. The van der Waals surface area contributed by atoms with Crippen LogP contribution in [-0.4, -0.2) is 92.9 Å². The Hall–Kier alpha value is -3.77. The number of methoxy groups -OCH3 is 1. The van der Waals surface area contributed by atoms with Gasteiger partial charge in [-0.1, -0.05) is 0 Å². The number of benzene rings is 1. The van der Waals surface area contributed by atoms with Crippen molar-refractivity contribution in [1.29, 1.82) is 0 Å². The number of anilines is 1. The molecule has 0 saturated carbocycles. The van der Waals surface area contributed by atoms with Crippen LogP contribution in [0.3, 0.4) is 0 Å². The number of hydrogen-bond acceptors (Lipinski definition) is 10. The van der Waals surface area contributed by atoms with Gasteiger partial charge >= 0.3 is 0 Å². The molecule has 0 unspecified atom stereocenters. The molecule has 2 aromatic rings. The molecule has 34 heavy (non-hydrogen) atoms. The van der Waals surface area contributed by atoms with Crippen LogP contribution in [-0.2, 0) is 0 Å². The van der Waals surface area contributed by atoms with E-state index in [0.717, 1.165) is 32.7 Å². The summed E-state index contributed by atoms with van der Waals surface area (Å²) in [5, 5.41) is 6.06. The number of amidine groups is 1. The molecule has 1 saturated heterocycles. The number of amides is 1. The number of piperazine rings is 1. The van der Waals surface area contributed by atoms with Gasteiger partial charge in [-0.2, -0.15) is 0 Å². The van der Waals surface area contributed by atoms with Crippen LogP contribution in [0.1, 0.15) is 15.9 Å². The fourth-order valence-electron chi connectivity index (χ4n) is 3.43. The number of nitrogen functional groups attached to an aromatic ring is 1. The van der Waals surface area contributed by atoms with Gasteiger partial charge in [0.1, 0.15) is 18.1 Å². The van der Waals surface area contributed by atoms with Gasteiger partial charge in [-0.25, -0.2) is 9.97 Å². The van der Waals surface area contributed by atoms with Crippen LogP contribution in [0.5, 0.6) is 11.5 Å². The summed E-state index contributed by atoms with van der Waals surface area (Å²) in [4.78, 5) is 30.5. The molecule has 0 radical (unpaired) electrons. The van der Waals surface area contributed by atoms with Gasteiger partial charge in [0.2, 0.25) is 5.95 Å². The molecule has 2 heterocycles. The fraction of sp³-hybridized carbons (Fsp3) is 0.409. The quantitative estimate of drug-likeness (QED) is 0.198. The molecule has 182 valence electrons. The average Bonchev–Trinajstić information content (AvgIpc) is 2.86. The van der Waals surface area contributed by atoms with Crippen LogP contribution in [0.4, 0.5) is 11.6 Å². The molecule has 0 atom stereocenters. The lowest BCUT2D eigenvalue weighted by molar-refractivity contribution is 0.0954. The second-order valence-electron chi connectivity index (χ2n) is 7.44. The Morgan fingerprint density at radius 3 is 2.71 bits per heavy atom. The maximum atomic E-state index is 12.1. The molecule has 1 aliphatic rings. The Balaban J connectivity index is 1.59. The predicted molar refractivity (Wildman–Crippen MR) is 131 cm³/mol. The summed E-state index contributed by atoms with van der Waals surface area (Å²) in [6.45, 7) is 9.49. The molecule has 6 N–H and O–H groups in total. The highest BCUT2D eigenvalue weighted by molar-refractivity contribution is 6.03. The van der Waals surface area contributed by atoms with Gasteiger partial charge in [0, 0.05) is 57.2 Å². The summed E-state index contributed by atoms with van der Waals surface area (Å²) in [5.41, 5.74) is 12.9. The van der Waals surface area contributed by atoms with Crippen molar-refractivity contribution in [3.8, 4) is 11.5 Å². The third kappa shape index (κ3) is 6.62. The summed E-state index contributed by atoms with van der Waals surface area (Å²) in [6, 6.07) is 3.56. The molecule has 12 heteroatoms. The molecule has 3 rings (SSSR count). The predicted octanol–water partition coefficient (Wildman–Crippen LogP) is -0.181. The van der Waals surface area contributed by atoms with Crippen molar-refractivity contribution in [2.45, 2.75) is 0 Å². The zero-order valence-electron chi connectivity index (χ0n) is 19.3. The van der Waals surface area contributed by atoms with Crippen molar-refractivity contribution >= 4 is 30.1 Å². The van der Waals surface area contributed by atoms with Crippen LogP contribution in [0.25, 0.3) is 0 Å². The molecule has 1 aromatic carbocycles. The fourth-order valence-corrected chi connectivity index (χ4v) is 3.43. The molecular weight excluding hydrogens is 438 g/mol. The van der Waals surface area contributed by atoms with E-state index in [0.29, 0.717) is 34.9 Å². The highest BCUT2D eigenvalue weighted by atomic mass is 16.5. The molecule has 0 spiro atoms. The molecule has 1 amide bonds. The maximum Gasteiger partial charge on any atom is 0.254 e. The van der Waals surface area contributed by atoms with E-state index in [9.17, 15) is 4.79 Å².